The molecule has 2 aliphatic heterocycles. The van der Waals surface area contributed by atoms with Crippen molar-refractivity contribution in [1.82, 2.24) is 0 Å². The monoisotopic (exact) mass is 338 g/mol. The summed E-state index contributed by atoms with van der Waals surface area (Å²) in [4.78, 5) is 0. The Morgan fingerprint density at radius 2 is 1.72 bits per heavy atom. The Morgan fingerprint density at radius 1 is 1.00 bits per heavy atom. The number of hydrazone groups is 1. The zero-order valence-electron chi connectivity index (χ0n) is 13.4. The van der Waals surface area contributed by atoms with Gasteiger partial charge in [0.15, 0.2) is 0 Å². The van der Waals surface area contributed by atoms with Crippen LogP contribution in [0.5, 0.6) is 0 Å². The number of para-hydroxylation sites is 1. The lowest BCUT2D eigenvalue weighted by molar-refractivity contribution is -0.0445. The molecule has 2 saturated heterocycles. The predicted octanol–water partition coefficient (Wildman–Crippen LogP) is 2.72. The lowest BCUT2D eigenvalue weighted by Gasteiger charge is -2.29. The first-order chi connectivity index (χ1) is 12.3. The van der Waals surface area contributed by atoms with Gasteiger partial charge in [0.1, 0.15) is 24.0 Å². The fourth-order valence-corrected chi connectivity index (χ4v) is 2.80. The van der Waals surface area contributed by atoms with Crippen LogP contribution in [0.25, 0.3) is 0 Å². The van der Waals surface area contributed by atoms with E-state index in [1.54, 1.807) is 0 Å². The van der Waals surface area contributed by atoms with E-state index in [0.29, 0.717) is 12.3 Å². The molecule has 2 fully saturated rings. The van der Waals surface area contributed by atoms with Crippen LogP contribution in [0.2, 0.25) is 0 Å². The van der Waals surface area contributed by atoms with Gasteiger partial charge in [-0.1, -0.05) is 36.4 Å². The van der Waals surface area contributed by atoms with Crippen LogP contribution in [0.4, 0.5) is 11.4 Å². The molecule has 0 saturated carbocycles. The third-order valence-corrected chi connectivity index (χ3v) is 4.11. The minimum absolute atomic E-state index is 0.330. The number of anilines is 1. The van der Waals surface area contributed by atoms with Gasteiger partial charge in [-0.25, -0.2) is 0 Å². The third-order valence-electron chi connectivity index (χ3n) is 4.11. The second-order valence-electron chi connectivity index (χ2n) is 5.84. The third kappa shape index (κ3) is 3.43. The number of hydrogen-bond acceptors (Lipinski definition) is 7. The van der Waals surface area contributed by atoms with Crippen LogP contribution in [0.15, 0.2) is 76.0 Å². The Morgan fingerprint density at radius 3 is 2.48 bits per heavy atom. The SMILES string of the molecule is O[C@H]1/C(=N/Nc2ccccc2)[C@@H]2OC[C@H](O2)[C@H]1N=Nc1ccccc1. The highest BCUT2D eigenvalue weighted by Crippen LogP contribution is 2.29. The zero-order chi connectivity index (χ0) is 17.1. The normalized spacial score (nSPS) is 30.0. The second kappa shape index (κ2) is 7.10. The smallest absolute Gasteiger partial charge is 0.202 e. The number of aliphatic hydroxyl groups is 1. The Balaban J connectivity index is 1.54. The molecule has 0 unspecified atom stereocenters. The number of azo groups is 1. The summed E-state index contributed by atoms with van der Waals surface area (Å²) in [6.45, 7) is 0.352. The highest BCUT2D eigenvalue weighted by atomic mass is 16.7. The van der Waals surface area contributed by atoms with Crippen molar-refractivity contribution in [2.45, 2.75) is 24.5 Å². The molecule has 25 heavy (non-hydrogen) atoms. The summed E-state index contributed by atoms with van der Waals surface area (Å²) in [7, 11) is 0. The van der Waals surface area contributed by atoms with Gasteiger partial charge >= 0.3 is 0 Å². The van der Waals surface area contributed by atoms with Crippen molar-refractivity contribution in [2.75, 3.05) is 12.0 Å². The first kappa shape index (κ1) is 15.9. The number of aliphatic hydroxyl groups excluding tert-OH is 1. The first-order valence-corrected chi connectivity index (χ1v) is 8.11. The summed E-state index contributed by atoms with van der Waals surface area (Å²) < 4.78 is 11.3. The fourth-order valence-electron chi connectivity index (χ4n) is 2.80. The van der Waals surface area contributed by atoms with E-state index in [0.717, 1.165) is 11.4 Å². The minimum Gasteiger partial charge on any atom is -0.384 e. The van der Waals surface area contributed by atoms with Gasteiger partial charge in [-0.2, -0.15) is 15.3 Å². The maximum Gasteiger partial charge on any atom is 0.202 e. The van der Waals surface area contributed by atoms with Gasteiger partial charge in [-0.15, -0.1) is 0 Å². The first-order valence-electron chi connectivity index (χ1n) is 8.11. The van der Waals surface area contributed by atoms with Gasteiger partial charge in [0.2, 0.25) is 6.29 Å². The summed E-state index contributed by atoms with van der Waals surface area (Å²) in [5, 5.41) is 23.4. The van der Waals surface area contributed by atoms with E-state index in [9.17, 15) is 5.11 Å². The molecule has 0 spiro atoms. The van der Waals surface area contributed by atoms with Gasteiger partial charge in [0.05, 0.1) is 18.0 Å². The molecule has 4 atom stereocenters. The summed E-state index contributed by atoms with van der Waals surface area (Å²) in [5.41, 5.74) is 4.82. The van der Waals surface area contributed by atoms with Crippen molar-refractivity contribution in [3.63, 3.8) is 0 Å². The Bertz CT molecular complexity index is 766. The molecule has 4 rings (SSSR count). The standard InChI is InChI=1S/C18H18N4O3/c23-17-15(21-19-12-7-3-1-4-8-12)14-11-24-18(25-14)16(17)22-20-13-9-5-2-6-10-13/h1-10,14-15,17-18,20,23H,11H2/b21-19?,22-16-/t14-,15+,17+,18+/m0/s1. The molecular weight excluding hydrogens is 320 g/mol. The minimum atomic E-state index is -0.921. The van der Waals surface area contributed by atoms with E-state index in [4.69, 9.17) is 9.47 Å². The van der Waals surface area contributed by atoms with Crippen LogP contribution >= 0.6 is 0 Å². The van der Waals surface area contributed by atoms with Crippen molar-refractivity contribution >= 4 is 17.1 Å². The van der Waals surface area contributed by atoms with Gasteiger partial charge in [0.25, 0.3) is 0 Å². The molecule has 2 heterocycles. The lowest BCUT2D eigenvalue weighted by Crippen LogP contribution is -2.50. The Kier molecular flexibility index (Phi) is 4.51. The van der Waals surface area contributed by atoms with Gasteiger partial charge in [-0.3, -0.25) is 5.43 Å². The number of hydrogen-bond donors (Lipinski definition) is 2. The molecule has 0 radical (unpaired) electrons. The molecule has 2 aromatic rings. The number of nitrogens with zero attached hydrogens (tertiary/aromatic N) is 3. The number of rotatable bonds is 4. The molecule has 2 bridgehead atoms. The van der Waals surface area contributed by atoms with Crippen LogP contribution in [0, 0.1) is 0 Å². The van der Waals surface area contributed by atoms with E-state index in [1.165, 1.54) is 0 Å². The van der Waals surface area contributed by atoms with Crippen LogP contribution in [-0.4, -0.2) is 42.0 Å². The Hall–Kier alpha value is -2.61. The molecule has 0 aliphatic carbocycles. The molecule has 128 valence electrons. The lowest BCUT2D eigenvalue weighted by atomic mass is 10.00. The van der Waals surface area contributed by atoms with Crippen molar-refractivity contribution in [3.05, 3.63) is 60.7 Å². The average Bonchev–Trinajstić information content (AvgIpc) is 3.09. The molecular formula is C18H18N4O3. The van der Waals surface area contributed by atoms with E-state index >= 15 is 0 Å². The number of nitrogens with one attached hydrogen (secondary N) is 1. The van der Waals surface area contributed by atoms with Gasteiger partial charge in [-0.05, 0) is 24.3 Å². The number of fused-ring (bicyclic) bond motifs is 2. The summed E-state index contributed by atoms with van der Waals surface area (Å²) in [6, 6.07) is 18.3. The predicted molar refractivity (Wildman–Crippen MR) is 92.9 cm³/mol. The quantitative estimate of drug-likeness (QED) is 0.663. The highest BCUT2D eigenvalue weighted by molar-refractivity contribution is 5.94. The molecule has 0 amide bonds. The van der Waals surface area contributed by atoms with E-state index in [-0.39, 0.29) is 6.10 Å². The fraction of sp³-hybridized carbons (Fsp3) is 0.278. The zero-order valence-corrected chi connectivity index (χ0v) is 13.4. The topological polar surface area (TPSA) is 87.8 Å². The summed E-state index contributed by atoms with van der Waals surface area (Å²) >= 11 is 0. The van der Waals surface area contributed by atoms with Crippen LogP contribution < -0.4 is 5.43 Å². The second-order valence-corrected chi connectivity index (χ2v) is 5.84. The van der Waals surface area contributed by atoms with Crippen LogP contribution in [0.3, 0.4) is 0 Å². The molecule has 2 aliphatic rings. The summed E-state index contributed by atoms with van der Waals surface area (Å²) in [5.74, 6) is 0. The van der Waals surface area contributed by atoms with Crippen molar-refractivity contribution < 1.29 is 14.6 Å². The van der Waals surface area contributed by atoms with Crippen LogP contribution in [-0.2, 0) is 9.47 Å². The average molecular weight is 338 g/mol. The van der Waals surface area contributed by atoms with Gasteiger partial charge in [0, 0.05) is 0 Å². The molecule has 7 nitrogen and oxygen atoms in total. The van der Waals surface area contributed by atoms with Gasteiger partial charge < -0.3 is 14.6 Å². The molecule has 7 heteroatoms. The van der Waals surface area contributed by atoms with Crippen LogP contribution in [0.1, 0.15) is 0 Å². The highest BCUT2D eigenvalue weighted by Gasteiger charge is 2.48. The number of ether oxygens (including phenoxy) is 2. The van der Waals surface area contributed by atoms with E-state index in [2.05, 4.69) is 20.8 Å². The summed E-state index contributed by atoms with van der Waals surface area (Å²) in [6.07, 6.45) is -1.91. The van der Waals surface area contributed by atoms with Crippen molar-refractivity contribution in [3.8, 4) is 0 Å². The van der Waals surface area contributed by atoms with Crippen molar-refractivity contribution in [2.24, 2.45) is 15.3 Å². The number of benzene rings is 2. The molecule has 2 aromatic carbocycles. The van der Waals surface area contributed by atoms with E-state index < -0.39 is 18.4 Å². The molecule has 2 N–H and O–H groups in total. The molecule has 0 aromatic heterocycles. The van der Waals surface area contributed by atoms with E-state index in [1.807, 2.05) is 60.7 Å². The van der Waals surface area contributed by atoms with Crippen molar-refractivity contribution in [1.29, 1.82) is 0 Å². The maximum absolute atomic E-state index is 10.7. The maximum atomic E-state index is 10.7. The largest absolute Gasteiger partial charge is 0.384 e. The Labute approximate surface area is 145 Å².